The highest BCUT2D eigenvalue weighted by molar-refractivity contribution is 7.91. The van der Waals surface area contributed by atoms with Gasteiger partial charge in [0.25, 0.3) is 0 Å². The Morgan fingerprint density at radius 1 is 1.04 bits per heavy atom. The zero-order valence-electron chi connectivity index (χ0n) is 12.2. The Bertz CT molecular complexity index is 991. The van der Waals surface area contributed by atoms with Crippen molar-refractivity contribution in [3.8, 4) is 0 Å². The highest BCUT2D eigenvalue weighted by atomic mass is 35.5. The minimum atomic E-state index is -3.58. The lowest BCUT2D eigenvalue weighted by Gasteiger charge is -2.10. The molecule has 1 N–H and O–H groups in total. The zero-order valence-corrected chi connectivity index (χ0v) is 13.7. The number of hydrogen-bond acceptors (Lipinski definition) is 4. The van der Waals surface area contributed by atoms with Crippen LogP contribution in [0.25, 0.3) is 11.0 Å². The van der Waals surface area contributed by atoms with E-state index in [2.05, 4.69) is 5.32 Å². The molecule has 23 heavy (non-hydrogen) atoms. The topological polar surface area (TPSA) is 59.3 Å². The monoisotopic (exact) mass is 347 g/mol. The summed E-state index contributed by atoms with van der Waals surface area (Å²) < 4.78 is 31.3. The van der Waals surface area contributed by atoms with E-state index in [0.717, 1.165) is 24.1 Å². The molecular formula is C17H14ClNO3S. The lowest BCUT2D eigenvalue weighted by atomic mass is 10.1. The van der Waals surface area contributed by atoms with Crippen molar-refractivity contribution >= 4 is 32.4 Å². The molecule has 1 aliphatic rings. The van der Waals surface area contributed by atoms with Crippen LogP contribution >= 0.6 is 11.6 Å². The smallest absolute Gasteiger partial charge is 0.206 e. The van der Waals surface area contributed by atoms with Crippen molar-refractivity contribution in [2.75, 3.05) is 6.54 Å². The van der Waals surface area contributed by atoms with Gasteiger partial charge in [0.05, 0.1) is 16.3 Å². The summed E-state index contributed by atoms with van der Waals surface area (Å²) >= 11 is 5.83. The molecule has 0 radical (unpaired) electrons. The van der Waals surface area contributed by atoms with Crippen LogP contribution in [0.2, 0.25) is 5.02 Å². The van der Waals surface area contributed by atoms with Crippen LogP contribution in [0.15, 0.2) is 56.7 Å². The fraction of sp³-hybridized carbons (Fsp3) is 0.176. The summed E-state index contributed by atoms with van der Waals surface area (Å²) in [4.78, 5) is 0.450. The van der Waals surface area contributed by atoms with Crippen molar-refractivity contribution < 1.29 is 12.8 Å². The van der Waals surface area contributed by atoms with Crippen LogP contribution in [0.4, 0.5) is 0 Å². The van der Waals surface area contributed by atoms with Crippen LogP contribution in [-0.4, -0.2) is 15.0 Å². The zero-order chi connectivity index (χ0) is 16.0. The molecule has 0 atom stereocenters. The Hall–Kier alpha value is -1.82. The van der Waals surface area contributed by atoms with Crippen LogP contribution in [0.5, 0.6) is 0 Å². The van der Waals surface area contributed by atoms with E-state index >= 15 is 0 Å². The summed E-state index contributed by atoms with van der Waals surface area (Å²) in [6.07, 6.45) is 0.894. The van der Waals surface area contributed by atoms with E-state index in [0.29, 0.717) is 17.2 Å². The van der Waals surface area contributed by atoms with Gasteiger partial charge in [-0.15, -0.1) is 0 Å². The number of hydrogen-bond donors (Lipinski definition) is 1. The van der Waals surface area contributed by atoms with Crippen molar-refractivity contribution in [2.24, 2.45) is 0 Å². The van der Waals surface area contributed by atoms with E-state index in [4.69, 9.17) is 16.0 Å². The average Bonchev–Trinajstić information content (AvgIpc) is 2.93. The molecule has 118 valence electrons. The first-order valence-electron chi connectivity index (χ1n) is 7.31. The van der Waals surface area contributed by atoms with Crippen molar-refractivity contribution in [3.63, 3.8) is 0 Å². The predicted octanol–water partition coefficient (Wildman–Crippen LogP) is 3.56. The van der Waals surface area contributed by atoms with E-state index in [1.807, 2.05) is 6.07 Å². The molecule has 0 amide bonds. The fourth-order valence-corrected chi connectivity index (χ4v) is 4.33. The molecule has 4 rings (SSSR count). The largest absolute Gasteiger partial charge is 0.459 e. The number of benzene rings is 2. The van der Waals surface area contributed by atoms with Crippen molar-refractivity contribution in [2.45, 2.75) is 22.8 Å². The molecule has 0 fully saturated rings. The first-order valence-corrected chi connectivity index (χ1v) is 9.17. The Balaban J connectivity index is 1.84. The van der Waals surface area contributed by atoms with Gasteiger partial charge < -0.3 is 9.73 Å². The van der Waals surface area contributed by atoms with Gasteiger partial charge in [-0.3, -0.25) is 0 Å². The first-order chi connectivity index (χ1) is 11.1. The second-order valence-corrected chi connectivity index (χ2v) is 7.93. The van der Waals surface area contributed by atoms with Crippen LogP contribution in [-0.2, 0) is 22.8 Å². The Kier molecular flexibility index (Phi) is 3.44. The Morgan fingerprint density at radius 2 is 1.78 bits per heavy atom. The lowest BCUT2D eigenvalue weighted by molar-refractivity contribution is 0.487. The third kappa shape index (κ3) is 2.45. The van der Waals surface area contributed by atoms with Crippen LogP contribution < -0.4 is 5.32 Å². The Morgan fingerprint density at radius 3 is 2.57 bits per heavy atom. The molecule has 6 heteroatoms. The Labute approximate surface area is 139 Å². The third-order valence-corrected chi connectivity index (χ3v) is 6.14. The van der Waals surface area contributed by atoms with Gasteiger partial charge in [0.2, 0.25) is 9.84 Å². The van der Waals surface area contributed by atoms with E-state index in [1.165, 1.54) is 17.7 Å². The molecule has 2 aromatic carbocycles. The molecule has 0 unspecified atom stereocenters. The number of furan rings is 1. The van der Waals surface area contributed by atoms with Crippen LogP contribution in [0.3, 0.4) is 0 Å². The molecule has 0 bridgehead atoms. The van der Waals surface area contributed by atoms with Gasteiger partial charge >= 0.3 is 0 Å². The maximum atomic E-state index is 12.7. The van der Waals surface area contributed by atoms with E-state index in [9.17, 15) is 8.42 Å². The normalized spacial score (nSPS) is 14.8. The van der Waals surface area contributed by atoms with Crippen molar-refractivity contribution in [1.29, 1.82) is 0 Å². The molecule has 0 saturated carbocycles. The van der Waals surface area contributed by atoms with Crippen LogP contribution in [0, 0.1) is 0 Å². The SMILES string of the molecule is O=S(=O)(c1ccc(Cl)cc1)c1ccc2c3c(oc2c1)CNCC3. The van der Waals surface area contributed by atoms with Gasteiger partial charge in [-0.05, 0) is 49.4 Å². The summed E-state index contributed by atoms with van der Waals surface area (Å²) in [6, 6.07) is 11.3. The summed E-state index contributed by atoms with van der Waals surface area (Å²) in [5, 5.41) is 4.76. The maximum absolute atomic E-state index is 12.7. The van der Waals surface area contributed by atoms with Gasteiger partial charge in [0.15, 0.2) is 0 Å². The standard InChI is InChI=1S/C17H14ClNO3S/c18-11-1-3-12(4-2-11)23(20,21)13-5-6-14-15-7-8-19-10-17(15)22-16(14)9-13/h1-6,9,19H,7-8,10H2. The number of nitrogens with one attached hydrogen (secondary N) is 1. The molecule has 0 spiro atoms. The average molecular weight is 348 g/mol. The molecule has 3 aromatic rings. The quantitative estimate of drug-likeness (QED) is 0.770. The maximum Gasteiger partial charge on any atom is 0.206 e. The third-order valence-electron chi connectivity index (χ3n) is 4.12. The number of fused-ring (bicyclic) bond motifs is 3. The molecule has 1 aliphatic heterocycles. The van der Waals surface area contributed by atoms with Gasteiger partial charge in [-0.25, -0.2) is 8.42 Å². The van der Waals surface area contributed by atoms with Crippen LogP contribution in [0.1, 0.15) is 11.3 Å². The van der Waals surface area contributed by atoms with E-state index in [-0.39, 0.29) is 9.79 Å². The predicted molar refractivity (Wildman–Crippen MR) is 88.5 cm³/mol. The minimum absolute atomic E-state index is 0.222. The van der Waals surface area contributed by atoms with Crippen molar-refractivity contribution in [1.82, 2.24) is 5.32 Å². The molecule has 2 heterocycles. The molecule has 1 aromatic heterocycles. The lowest BCUT2D eigenvalue weighted by Crippen LogP contribution is -2.22. The highest BCUT2D eigenvalue weighted by Gasteiger charge is 2.22. The summed E-state index contributed by atoms with van der Waals surface area (Å²) in [7, 11) is -3.58. The van der Waals surface area contributed by atoms with Gasteiger partial charge in [-0.1, -0.05) is 11.6 Å². The van der Waals surface area contributed by atoms with E-state index < -0.39 is 9.84 Å². The second kappa shape index (κ2) is 5.37. The number of halogens is 1. The van der Waals surface area contributed by atoms with Gasteiger partial charge in [0, 0.05) is 22.0 Å². The van der Waals surface area contributed by atoms with Gasteiger partial charge in [-0.2, -0.15) is 0 Å². The highest BCUT2D eigenvalue weighted by Crippen LogP contribution is 2.31. The van der Waals surface area contributed by atoms with Crippen molar-refractivity contribution in [3.05, 3.63) is 58.8 Å². The first kappa shape index (κ1) is 14.8. The number of sulfone groups is 1. The molecule has 0 saturated heterocycles. The second-order valence-electron chi connectivity index (χ2n) is 5.55. The number of rotatable bonds is 2. The summed E-state index contributed by atoms with van der Waals surface area (Å²) in [5.41, 5.74) is 1.79. The summed E-state index contributed by atoms with van der Waals surface area (Å²) in [5.74, 6) is 0.896. The van der Waals surface area contributed by atoms with Gasteiger partial charge in [0.1, 0.15) is 11.3 Å². The molecular weight excluding hydrogens is 334 g/mol. The fourth-order valence-electron chi connectivity index (χ4n) is 2.93. The minimum Gasteiger partial charge on any atom is -0.459 e. The summed E-state index contributed by atoms with van der Waals surface area (Å²) in [6.45, 7) is 1.59. The molecule has 0 aliphatic carbocycles. The molecule has 4 nitrogen and oxygen atoms in total. The van der Waals surface area contributed by atoms with E-state index in [1.54, 1.807) is 24.3 Å².